The average Bonchev–Trinajstić information content (AvgIpc) is 3.86. The van der Waals surface area contributed by atoms with Crippen LogP contribution in [0.15, 0.2) is 48.5 Å². The Labute approximate surface area is 318 Å². The Morgan fingerprint density at radius 3 is 1.30 bits per heavy atom. The molecule has 2 heterocycles. The molecule has 2 fully saturated rings. The number of anilines is 2. The standard InChI is InChI=1S/2C18H28N2O4.C2H2O4/c2*1-3-12-23-17-9-5-4-8-16(17)19-18(21)24-15(14-22-2)13-20-10-6-7-11-20;3-1(4)2(5)6/h2*4-5,8-9,15H,3,6-7,10-14H2,1-2H3,(H,19,21);(H,3,4)(H,5,6). The van der Waals surface area contributed by atoms with Crippen LogP contribution in [-0.2, 0) is 28.5 Å². The quantitative estimate of drug-likeness (QED) is 0.148. The highest BCUT2D eigenvalue weighted by Gasteiger charge is 2.25. The highest BCUT2D eigenvalue weighted by Crippen LogP contribution is 2.25. The van der Waals surface area contributed by atoms with Crippen molar-refractivity contribution in [2.45, 2.75) is 64.6 Å². The van der Waals surface area contributed by atoms with Crippen molar-refractivity contribution in [3.63, 3.8) is 0 Å². The molecule has 0 aliphatic carbocycles. The Balaban J connectivity index is 0.000000325. The lowest BCUT2D eigenvalue weighted by molar-refractivity contribution is -0.890. The second-order valence-corrected chi connectivity index (χ2v) is 12.8. The number of rotatable bonds is 18. The average molecular weight is 763 g/mol. The Bertz CT molecular complexity index is 1280. The van der Waals surface area contributed by atoms with E-state index in [1.165, 1.54) is 35.5 Å². The zero-order valence-electron chi connectivity index (χ0n) is 32.0. The van der Waals surface area contributed by atoms with Gasteiger partial charge < -0.3 is 58.0 Å². The number of amides is 2. The van der Waals surface area contributed by atoms with Gasteiger partial charge in [-0.2, -0.15) is 0 Å². The normalized spacial score (nSPS) is 15.0. The van der Waals surface area contributed by atoms with Crippen LogP contribution in [0.25, 0.3) is 0 Å². The molecule has 4 rings (SSSR count). The minimum absolute atomic E-state index is 0.244. The predicted molar refractivity (Wildman–Crippen MR) is 196 cm³/mol. The number of ether oxygens (including phenoxy) is 6. The highest BCUT2D eigenvalue weighted by molar-refractivity contribution is 6.25. The molecule has 16 nitrogen and oxygen atoms in total. The number of aliphatic carboxylic acids is 2. The molecule has 0 radical (unpaired) electrons. The Hall–Kier alpha value is -4.64. The summed E-state index contributed by atoms with van der Waals surface area (Å²) in [5.74, 6) is -3.06. The van der Waals surface area contributed by atoms with Crippen LogP contribution in [-0.4, -0.2) is 116 Å². The Kier molecular flexibility index (Phi) is 22.8. The number of carbonyl (C=O) groups is 4. The van der Waals surface area contributed by atoms with Crippen molar-refractivity contribution >= 4 is 35.5 Å². The van der Waals surface area contributed by atoms with Gasteiger partial charge in [0.05, 0.1) is 75.9 Å². The number of quaternary nitrogens is 2. The Morgan fingerprint density at radius 2 is 0.981 bits per heavy atom. The second-order valence-electron chi connectivity index (χ2n) is 12.8. The van der Waals surface area contributed by atoms with Gasteiger partial charge >= 0.3 is 12.2 Å². The number of hydrogen-bond acceptors (Lipinski definition) is 12. The minimum atomic E-state index is -2.19. The number of nitrogens with one attached hydrogen (secondary N) is 4. The first-order valence-electron chi connectivity index (χ1n) is 18.6. The number of likely N-dealkylation sites (tertiary alicyclic amines) is 2. The third-order valence-electron chi connectivity index (χ3n) is 8.24. The largest absolute Gasteiger partial charge is 0.543 e. The SMILES string of the molecule is CCCOc1ccccc1NC(=O)OC(COC)C[NH+]1CCCC1.CCCOc1ccccc1NC(=O)OC(COC)C[NH+]1CCCC1.O=C([O-])C(=O)[O-]. The number of para-hydroxylation sites is 4. The summed E-state index contributed by atoms with van der Waals surface area (Å²) in [6.45, 7) is 12.2. The molecular formula is C38H58N4O12. The number of benzene rings is 2. The van der Waals surface area contributed by atoms with E-state index < -0.39 is 24.1 Å². The van der Waals surface area contributed by atoms with E-state index >= 15 is 0 Å². The maximum Gasteiger partial charge on any atom is 0.412 e. The fraction of sp³-hybridized carbons (Fsp3) is 0.579. The summed E-state index contributed by atoms with van der Waals surface area (Å²) in [5.41, 5.74) is 1.25. The van der Waals surface area contributed by atoms with Gasteiger partial charge in [-0.1, -0.05) is 38.1 Å². The molecule has 0 saturated carbocycles. The molecule has 16 heteroatoms. The number of methoxy groups -OCH3 is 2. The van der Waals surface area contributed by atoms with Crippen LogP contribution >= 0.6 is 0 Å². The maximum absolute atomic E-state index is 12.2. The van der Waals surface area contributed by atoms with E-state index in [-0.39, 0.29) is 12.2 Å². The van der Waals surface area contributed by atoms with Crippen LogP contribution in [0.2, 0.25) is 0 Å². The van der Waals surface area contributed by atoms with E-state index in [1.807, 2.05) is 62.4 Å². The van der Waals surface area contributed by atoms with Gasteiger partial charge in [-0.05, 0) is 37.1 Å². The Morgan fingerprint density at radius 1 is 0.630 bits per heavy atom. The summed E-state index contributed by atoms with van der Waals surface area (Å²) in [5, 5.41) is 23.4. The van der Waals surface area contributed by atoms with Crippen molar-refractivity contribution in [3.05, 3.63) is 48.5 Å². The van der Waals surface area contributed by atoms with Crippen molar-refractivity contribution in [1.82, 2.24) is 0 Å². The number of carbonyl (C=O) groups excluding carboxylic acids is 4. The van der Waals surface area contributed by atoms with Gasteiger partial charge in [0.25, 0.3) is 0 Å². The van der Waals surface area contributed by atoms with E-state index in [4.69, 9.17) is 48.2 Å². The van der Waals surface area contributed by atoms with Gasteiger partial charge in [-0.25, -0.2) is 9.59 Å². The van der Waals surface area contributed by atoms with E-state index in [9.17, 15) is 9.59 Å². The monoisotopic (exact) mass is 762 g/mol. The zero-order valence-corrected chi connectivity index (χ0v) is 32.0. The van der Waals surface area contributed by atoms with E-state index in [0.29, 0.717) is 49.3 Å². The number of hydrogen-bond donors (Lipinski definition) is 4. The lowest BCUT2D eigenvalue weighted by Crippen LogP contribution is -3.11. The minimum Gasteiger partial charge on any atom is -0.543 e. The van der Waals surface area contributed by atoms with Crippen molar-refractivity contribution in [3.8, 4) is 11.5 Å². The molecule has 2 saturated heterocycles. The molecule has 0 aromatic heterocycles. The molecule has 2 aromatic rings. The smallest absolute Gasteiger partial charge is 0.412 e. The van der Waals surface area contributed by atoms with Gasteiger partial charge in [0.1, 0.15) is 24.6 Å². The molecule has 4 N–H and O–H groups in total. The predicted octanol–water partition coefficient (Wildman–Crippen LogP) is -0.0786. The van der Waals surface area contributed by atoms with Gasteiger partial charge in [0.15, 0.2) is 12.2 Å². The van der Waals surface area contributed by atoms with Gasteiger partial charge in [0, 0.05) is 39.9 Å². The van der Waals surface area contributed by atoms with Crippen molar-refractivity contribution in [1.29, 1.82) is 0 Å². The molecule has 302 valence electrons. The first-order chi connectivity index (χ1) is 26.1. The topological polar surface area (TPSA) is 203 Å². The number of carboxylic acid groups (broad SMARTS) is 2. The molecule has 2 aliphatic rings. The van der Waals surface area contributed by atoms with Crippen LogP contribution in [0.3, 0.4) is 0 Å². The van der Waals surface area contributed by atoms with Gasteiger partial charge in [-0.3, -0.25) is 10.6 Å². The molecule has 2 amide bonds. The molecule has 0 spiro atoms. The lowest BCUT2D eigenvalue weighted by Gasteiger charge is -2.21. The first kappa shape index (κ1) is 45.5. The molecule has 2 unspecified atom stereocenters. The molecule has 2 aromatic carbocycles. The van der Waals surface area contributed by atoms with Crippen molar-refractivity contribution in [2.24, 2.45) is 0 Å². The third-order valence-corrected chi connectivity index (χ3v) is 8.24. The number of carboxylic acids is 2. The molecule has 2 aliphatic heterocycles. The fourth-order valence-corrected chi connectivity index (χ4v) is 5.84. The molecular weight excluding hydrogens is 704 g/mol. The van der Waals surface area contributed by atoms with Crippen molar-refractivity contribution in [2.75, 3.05) is 90.5 Å². The van der Waals surface area contributed by atoms with Crippen LogP contribution in [0.4, 0.5) is 21.0 Å². The van der Waals surface area contributed by atoms with Crippen LogP contribution < -0.4 is 40.1 Å². The summed E-state index contributed by atoms with van der Waals surface area (Å²) in [7, 11) is 3.25. The maximum atomic E-state index is 12.2. The van der Waals surface area contributed by atoms with Crippen LogP contribution in [0.1, 0.15) is 52.4 Å². The summed E-state index contributed by atoms with van der Waals surface area (Å²) < 4.78 is 32.8. The molecule has 2 atom stereocenters. The van der Waals surface area contributed by atoms with E-state index in [1.54, 1.807) is 14.2 Å². The van der Waals surface area contributed by atoms with Crippen LogP contribution in [0, 0.1) is 0 Å². The molecule has 54 heavy (non-hydrogen) atoms. The van der Waals surface area contributed by atoms with E-state index in [0.717, 1.165) is 52.1 Å². The van der Waals surface area contributed by atoms with Crippen molar-refractivity contribution < 1.29 is 67.6 Å². The third kappa shape index (κ3) is 18.9. The van der Waals surface area contributed by atoms with Gasteiger partial charge in [-0.15, -0.1) is 0 Å². The molecule has 0 bridgehead atoms. The summed E-state index contributed by atoms with van der Waals surface area (Å²) >= 11 is 0. The lowest BCUT2D eigenvalue weighted by atomic mass is 10.3. The highest BCUT2D eigenvalue weighted by atomic mass is 16.6. The summed E-state index contributed by atoms with van der Waals surface area (Å²) in [4.78, 5) is 45.3. The first-order valence-corrected chi connectivity index (χ1v) is 18.6. The summed E-state index contributed by atoms with van der Waals surface area (Å²) in [6, 6.07) is 14.8. The zero-order chi connectivity index (χ0) is 39.6. The summed E-state index contributed by atoms with van der Waals surface area (Å²) in [6.07, 6.45) is 5.35. The fourth-order valence-electron chi connectivity index (χ4n) is 5.84. The van der Waals surface area contributed by atoms with E-state index in [2.05, 4.69) is 10.6 Å². The second kappa shape index (κ2) is 27.0. The van der Waals surface area contributed by atoms with Gasteiger partial charge in [0.2, 0.25) is 0 Å². The van der Waals surface area contributed by atoms with Crippen LogP contribution in [0.5, 0.6) is 11.5 Å².